The Balaban J connectivity index is 2.69. The van der Waals surface area contributed by atoms with E-state index >= 15 is 0 Å². The van der Waals surface area contributed by atoms with Crippen LogP contribution in [-0.2, 0) is 4.79 Å². The lowest BCUT2D eigenvalue weighted by Crippen LogP contribution is -2.30. The molecular formula is C8H9BrN2O2. The molecule has 0 aliphatic carbocycles. The summed E-state index contributed by atoms with van der Waals surface area (Å²) in [6, 6.07) is 1.71. The predicted molar refractivity (Wildman–Crippen MR) is 51.2 cm³/mol. The topological polar surface area (TPSA) is 65.2 Å². The van der Waals surface area contributed by atoms with E-state index in [2.05, 4.69) is 20.9 Å². The van der Waals surface area contributed by atoms with E-state index in [1.54, 1.807) is 19.2 Å². The van der Waals surface area contributed by atoms with Crippen LogP contribution in [0.25, 0.3) is 0 Å². The minimum absolute atomic E-state index is 0.500. The molecule has 0 saturated heterocycles. The highest BCUT2D eigenvalue weighted by atomic mass is 79.9. The van der Waals surface area contributed by atoms with Crippen LogP contribution in [0.4, 0.5) is 0 Å². The van der Waals surface area contributed by atoms with E-state index in [1.807, 2.05) is 0 Å². The zero-order chi connectivity index (χ0) is 9.84. The SMILES string of the molecule is CC(Oc1cncc(Br)c1)C(N)=O. The summed E-state index contributed by atoms with van der Waals surface area (Å²) in [6.45, 7) is 1.59. The van der Waals surface area contributed by atoms with Gasteiger partial charge in [0.1, 0.15) is 5.75 Å². The number of amides is 1. The summed E-state index contributed by atoms with van der Waals surface area (Å²) in [4.78, 5) is 14.5. The number of carbonyl (C=O) groups is 1. The smallest absolute Gasteiger partial charge is 0.258 e. The molecule has 0 aromatic carbocycles. The van der Waals surface area contributed by atoms with Crippen molar-refractivity contribution in [3.05, 3.63) is 22.9 Å². The molecule has 2 N–H and O–H groups in total. The molecule has 1 unspecified atom stereocenters. The molecule has 1 rings (SSSR count). The lowest BCUT2D eigenvalue weighted by Gasteiger charge is -2.10. The van der Waals surface area contributed by atoms with Crippen molar-refractivity contribution in [1.29, 1.82) is 0 Å². The summed E-state index contributed by atoms with van der Waals surface area (Å²) < 4.78 is 5.98. The van der Waals surface area contributed by atoms with Gasteiger partial charge < -0.3 is 10.5 Å². The fourth-order valence-corrected chi connectivity index (χ4v) is 1.06. The number of aromatic nitrogens is 1. The number of primary amides is 1. The van der Waals surface area contributed by atoms with Crippen molar-refractivity contribution in [2.24, 2.45) is 5.73 Å². The van der Waals surface area contributed by atoms with Crippen molar-refractivity contribution in [1.82, 2.24) is 4.98 Å². The molecule has 70 valence electrons. The summed E-state index contributed by atoms with van der Waals surface area (Å²) >= 11 is 3.23. The third-order valence-electron chi connectivity index (χ3n) is 1.39. The van der Waals surface area contributed by atoms with Crippen LogP contribution in [0, 0.1) is 0 Å². The number of hydrogen-bond acceptors (Lipinski definition) is 3. The molecule has 0 radical (unpaired) electrons. The van der Waals surface area contributed by atoms with Crippen molar-refractivity contribution in [3.8, 4) is 5.75 Å². The first-order chi connectivity index (χ1) is 6.09. The molecule has 1 atom stereocenters. The fourth-order valence-electron chi connectivity index (χ4n) is 0.719. The van der Waals surface area contributed by atoms with Crippen molar-refractivity contribution < 1.29 is 9.53 Å². The van der Waals surface area contributed by atoms with E-state index in [4.69, 9.17) is 10.5 Å². The molecule has 0 aliphatic rings. The Morgan fingerprint density at radius 1 is 1.69 bits per heavy atom. The van der Waals surface area contributed by atoms with E-state index in [-0.39, 0.29) is 0 Å². The second-order valence-corrected chi connectivity index (χ2v) is 3.42. The van der Waals surface area contributed by atoms with Crippen molar-refractivity contribution >= 4 is 21.8 Å². The van der Waals surface area contributed by atoms with Crippen LogP contribution < -0.4 is 10.5 Å². The third-order valence-corrected chi connectivity index (χ3v) is 1.83. The molecule has 0 fully saturated rings. The zero-order valence-electron chi connectivity index (χ0n) is 7.03. The average Bonchev–Trinajstić information content (AvgIpc) is 2.04. The van der Waals surface area contributed by atoms with Crippen molar-refractivity contribution in [2.75, 3.05) is 0 Å². The molecule has 5 heteroatoms. The van der Waals surface area contributed by atoms with Gasteiger partial charge >= 0.3 is 0 Å². The van der Waals surface area contributed by atoms with Crippen LogP contribution in [0.15, 0.2) is 22.9 Å². The molecular weight excluding hydrogens is 236 g/mol. The first kappa shape index (κ1) is 9.98. The number of halogens is 1. The normalized spacial score (nSPS) is 12.2. The average molecular weight is 245 g/mol. The number of hydrogen-bond donors (Lipinski definition) is 1. The maximum Gasteiger partial charge on any atom is 0.258 e. The maximum atomic E-state index is 10.7. The quantitative estimate of drug-likeness (QED) is 0.866. The Labute approximate surface area is 84.2 Å². The molecule has 13 heavy (non-hydrogen) atoms. The number of rotatable bonds is 3. The standard InChI is InChI=1S/C8H9BrN2O2/c1-5(8(10)12)13-7-2-6(9)3-11-4-7/h2-5H,1H3,(H2,10,12). The molecule has 1 heterocycles. The van der Waals surface area contributed by atoms with Crippen LogP contribution >= 0.6 is 15.9 Å². The van der Waals surface area contributed by atoms with Crippen LogP contribution in [0.3, 0.4) is 0 Å². The monoisotopic (exact) mass is 244 g/mol. The van der Waals surface area contributed by atoms with Gasteiger partial charge in [0.25, 0.3) is 5.91 Å². The van der Waals surface area contributed by atoms with Crippen LogP contribution in [-0.4, -0.2) is 17.0 Å². The second kappa shape index (κ2) is 4.23. The third kappa shape index (κ3) is 3.02. The van der Waals surface area contributed by atoms with Gasteiger partial charge in [-0.1, -0.05) is 0 Å². The molecule has 1 aromatic rings. The largest absolute Gasteiger partial charge is 0.479 e. The van der Waals surface area contributed by atoms with Gasteiger partial charge in [-0.3, -0.25) is 9.78 Å². The number of nitrogens with zero attached hydrogens (tertiary/aromatic N) is 1. The Bertz CT molecular complexity index is 317. The number of pyridine rings is 1. The molecule has 0 bridgehead atoms. The van der Waals surface area contributed by atoms with Gasteiger partial charge in [-0.15, -0.1) is 0 Å². The van der Waals surface area contributed by atoms with E-state index in [9.17, 15) is 4.79 Å². The molecule has 1 amide bonds. The Morgan fingerprint density at radius 2 is 2.38 bits per heavy atom. The summed E-state index contributed by atoms with van der Waals surface area (Å²) in [5.74, 6) is 0.0145. The van der Waals surface area contributed by atoms with Gasteiger partial charge in [0.2, 0.25) is 0 Å². The highest BCUT2D eigenvalue weighted by Crippen LogP contribution is 2.16. The first-order valence-electron chi connectivity index (χ1n) is 3.66. The van der Waals surface area contributed by atoms with Crippen molar-refractivity contribution in [3.63, 3.8) is 0 Å². The second-order valence-electron chi connectivity index (χ2n) is 2.50. The highest BCUT2D eigenvalue weighted by molar-refractivity contribution is 9.10. The van der Waals surface area contributed by atoms with Gasteiger partial charge in [-0.2, -0.15) is 0 Å². The van der Waals surface area contributed by atoms with E-state index in [0.717, 1.165) is 4.47 Å². The zero-order valence-corrected chi connectivity index (χ0v) is 8.61. The molecule has 0 aliphatic heterocycles. The lowest BCUT2D eigenvalue weighted by molar-refractivity contribution is -0.123. The van der Waals surface area contributed by atoms with E-state index in [0.29, 0.717) is 5.75 Å². The van der Waals surface area contributed by atoms with Gasteiger partial charge in [0.05, 0.1) is 6.20 Å². The van der Waals surface area contributed by atoms with Gasteiger partial charge in [-0.25, -0.2) is 0 Å². The van der Waals surface area contributed by atoms with Crippen LogP contribution in [0.2, 0.25) is 0 Å². The minimum Gasteiger partial charge on any atom is -0.479 e. The van der Waals surface area contributed by atoms with Gasteiger partial charge in [-0.05, 0) is 28.9 Å². The summed E-state index contributed by atoms with van der Waals surface area (Å²) in [5.41, 5.74) is 5.03. The van der Waals surface area contributed by atoms with Crippen LogP contribution in [0.1, 0.15) is 6.92 Å². The van der Waals surface area contributed by atoms with Gasteiger partial charge in [0.15, 0.2) is 6.10 Å². The van der Waals surface area contributed by atoms with E-state index < -0.39 is 12.0 Å². The number of ether oxygens (including phenoxy) is 1. The van der Waals surface area contributed by atoms with E-state index in [1.165, 1.54) is 6.20 Å². The predicted octanol–water partition coefficient (Wildman–Crippen LogP) is 1.10. The minimum atomic E-state index is -0.643. The summed E-state index contributed by atoms with van der Waals surface area (Å²) in [5, 5.41) is 0. The Kier molecular flexibility index (Phi) is 3.25. The van der Waals surface area contributed by atoms with Crippen molar-refractivity contribution in [2.45, 2.75) is 13.0 Å². The van der Waals surface area contributed by atoms with Crippen LogP contribution in [0.5, 0.6) is 5.75 Å². The highest BCUT2D eigenvalue weighted by Gasteiger charge is 2.09. The molecule has 0 spiro atoms. The number of nitrogens with two attached hydrogens (primary N) is 1. The maximum absolute atomic E-state index is 10.7. The molecule has 1 aromatic heterocycles. The first-order valence-corrected chi connectivity index (χ1v) is 4.45. The molecule has 0 saturated carbocycles. The fraction of sp³-hybridized carbons (Fsp3) is 0.250. The number of carbonyl (C=O) groups excluding carboxylic acids is 1. The Hall–Kier alpha value is -1.10. The summed E-state index contributed by atoms with van der Waals surface area (Å²) in [7, 11) is 0. The summed E-state index contributed by atoms with van der Waals surface area (Å²) in [6.07, 6.45) is 2.50. The molecule has 4 nitrogen and oxygen atoms in total. The lowest BCUT2D eigenvalue weighted by atomic mass is 10.4. The van der Waals surface area contributed by atoms with Gasteiger partial charge in [0, 0.05) is 10.7 Å². The Morgan fingerprint density at radius 3 is 2.92 bits per heavy atom.